The number of benzene rings is 1. The van der Waals surface area contributed by atoms with Crippen molar-refractivity contribution in [3.05, 3.63) is 34.2 Å². The Bertz CT molecular complexity index is 712. The molecule has 2 aliphatic rings. The van der Waals surface area contributed by atoms with Gasteiger partial charge in [0.2, 0.25) is 10.0 Å². The summed E-state index contributed by atoms with van der Waals surface area (Å²) < 4.78 is 27.2. The van der Waals surface area contributed by atoms with Crippen LogP contribution in [-0.2, 0) is 10.0 Å². The van der Waals surface area contributed by atoms with Crippen LogP contribution in [-0.4, -0.2) is 55.9 Å². The standard InChI is InChI=1S/C17H24ClN3O3S/c18-15-6-2-3-7-16(15)25(23,24)21-12-10-20(11-13-21)17(14-19-22)8-4-1-5-9-17/h2-3,6-7H,1,4-5,8-14H2. The second kappa shape index (κ2) is 7.70. The van der Waals surface area contributed by atoms with Gasteiger partial charge in [0.25, 0.3) is 0 Å². The van der Waals surface area contributed by atoms with Crippen LogP contribution in [0.4, 0.5) is 0 Å². The van der Waals surface area contributed by atoms with Crippen LogP contribution in [0.1, 0.15) is 32.1 Å². The summed E-state index contributed by atoms with van der Waals surface area (Å²) in [6, 6.07) is 6.54. The van der Waals surface area contributed by atoms with E-state index in [1.54, 1.807) is 24.3 Å². The van der Waals surface area contributed by atoms with Gasteiger partial charge in [0, 0.05) is 31.7 Å². The molecule has 0 amide bonds. The molecule has 0 aromatic heterocycles. The lowest BCUT2D eigenvalue weighted by molar-refractivity contribution is 0.0307. The van der Waals surface area contributed by atoms with E-state index in [0.29, 0.717) is 32.7 Å². The van der Waals surface area contributed by atoms with Gasteiger partial charge < -0.3 is 0 Å². The molecule has 1 aliphatic carbocycles. The average Bonchev–Trinajstić information content (AvgIpc) is 2.63. The normalized spacial score (nSPS) is 22.6. The van der Waals surface area contributed by atoms with E-state index in [1.165, 1.54) is 10.7 Å². The Morgan fingerprint density at radius 3 is 2.28 bits per heavy atom. The van der Waals surface area contributed by atoms with Crippen molar-refractivity contribution in [2.24, 2.45) is 5.18 Å². The Morgan fingerprint density at radius 1 is 1.04 bits per heavy atom. The SMILES string of the molecule is O=NCC1(N2CCN(S(=O)(=O)c3ccccc3Cl)CC2)CCCCC1. The second-order valence-electron chi connectivity index (χ2n) is 6.89. The quantitative estimate of drug-likeness (QED) is 0.730. The Balaban J connectivity index is 1.73. The molecule has 8 heteroatoms. The van der Waals surface area contributed by atoms with Gasteiger partial charge in [-0.15, -0.1) is 0 Å². The molecule has 2 fully saturated rings. The number of hydrogen-bond acceptors (Lipinski definition) is 5. The molecule has 0 bridgehead atoms. The van der Waals surface area contributed by atoms with Gasteiger partial charge >= 0.3 is 0 Å². The van der Waals surface area contributed by atoms with Gasteiger partial charge in [-0.2, -0.15) is 9.21 Å². The van der Waals surface area contributed by atoms with Crippen LogP contribution in [0.2, 0.25) is 5.02 Å². The van der Waals surface area contributed by atoms with Crippen molar-refractivity contribution >= 4 is 21.6 Å². The van der Waals surface area contributed by atoms with Gasteiger partial charge in [-0.05, 0) is 25.0 Å². The number of sulfonamides is 1. The van der Waals surface area contributed by atoms with Crippen molar-refractivity contribution in [2.75, 3.05) is 32.7 Å². The maximum absolute atomic E-state index is 12.9. The molecule has 0 radical (unpaired) electrons. The summed E-state index contributed by atoms with van der Waals surface area (Å²) in [4.78, 5) is 13.4. The van der Waals surface area contributed by atoms with Gasteiger partial charge in [0.1, 0.15) is 4.90 Å². The first-order valence-electron chi connectivity index (χ1n) is 8.78. The van der Waals surface area contributed by atoms with E-state index in [2.05, 4.69) is 10.1 Å². The van der Waals surface area contributed by atoms with Gasteiger partial charge in [-0.3, -0.25) is 4.90 Å². The molecule has 0 N–H and O–H groups in total. The summed E-state index contributed by atoms with van der Waals surface area (Å²) in [5, 5.41) is 3.44. The Labute approximate surface area is 154 Å². The fraction of sp³-hybridized carbons (Fsp3) is 0.647. The third kappa shape index (κ3) is 3.74. The lowest BCUT2D eigenvalue weighted by Crippen LogP contribution is -2.59. The Hall–Kier alpha value is -1.02. The smallest absolute Gasteiger partial charge is 0.244 e. The highest BCUT2D eigenvalue weighted by Crippen LogP contribution is 2.35. The summed E-state index contributed by atoms with van der Waals surface area (Å²) in [7, 11) is -3.59. The molecule has 1 aromatic carbocycles. The van der Waals surface area contributed by atoms with Gasteiger partial charge in [-0.1, -0.05) is 48.2 Å². The van der Waals surface area contributed by atoms with Crippen molar-refractivity contribution in [3.63, 3.8) is 0 Å². The number of rotatable bonds is 5. The maximum atomic E-state index is 12.9. The highest BCUT2D eigenvalue weighted by molar-refractivity contribution is 7.89. The molecule has 0 spiro atoms. The van der Waals surface area contributed by atoms with Crippen LogP contribution >= 0.6 is 11.6 Å². The predicted octanol–water partition coefficient (Wildman–Crippen LogP) is 3.12. The minimum Gasteiger partial charge on any atom is -0.293 e. The number of halogens is 1. The van der Waals surface area contributed by atoms with Gasteiger partial charge in [0.15, 0.2) is 0 Å². The monoisotopic (exact) mass is 385 g/mol. The fourth-order valence-electron chi connectivity index (χ4n) is 4.10. The number of hydrogen-bond donors (Lipinski definition) is 0. The van der Waals surface area contributed by atoms with Crippen molar-refractivity contribution in [3.8, 4) is 0 Å². The van der Waals surface area contributed by atoms with Crippen molar-refractivity contribution < 1.29 is 8.42 Å². The highest BCUT2D eigenvalue weighted by atomic mass is 35.5. The van der Waals surface area contributed by atoms with E-state index < -0.39 is 10.0 Å². The molecular weight excluding hydrogens is 362 g/mol. The van der Waals surface area contributed by atoms with Crippen LogP contribution in [0.3, 0.4) is 0 Å². The molecule has 0 unspecified atom stereocenters. The molecular formula is C17H24ClN3O3S. The molecule has 1 aliphatic heterocycles. The van der Waals surface area contributed by atoms with Crippen molar-refractivity contribution in [1.82, 2.24) is 9.21 Å². The first-order chi connectivity index (χ1) is 12.0. The van der Waals surface area contributed by atoms with E-state index in [9.17, 15) is 13.3 Å². The predicted molar refractivity (Wildman–Crippen MR) is 98.3 cm³/mol. The number of nitroso groups, excluding NO2 is 1. The van der Waals surface area contributed by atoms with Crippen LogP contribution in [0.25, 0.3) is 0 Å². The average molecular weight is 386 g/mol. The third-order valence-corrected chi connectivity index (χ3v) is 7.91. The number of nitrogens with zero attached hydrogens (tertiary/aromatic N) is 3. The summed E-state index contributed by atoms with van der Waals surface area (Å²) in [6.07, 6.45) is 5.34. The molecule has 1 aromatic rings. The van der Waals surface area contributed by atoms with Gasteiger partial charge in [0.05, 0.1) is 11.6 Å². The molecule has 1 heterocycles. The van der Waals surface area contributed by atoms with E-state index >= 15 is 0 Å². The van der Waals surface area contributed by atoms with Crippen LogP contribution in [0.15, 0.2) is 34.3 Å². The lowest BCUT2D eigenvalue weighted by Gasteiger charge is -2.48. The van der Waals surface area contributed by atoms with Crippen molar-refractivity contribution in [2.45, 2.75) is 42.5 Å². The molecule has 6 nitrogen and oxygen atoms in total. The van der Waals surface area contributed by atoms with Crippen LogP contribution < -0.4 is 0 Å². The van der Waals surface area contributed by atoms with Crippen LogP contribution in [0, 0.1) is 4.91 Å². The summed E-state index contributed by atoms with van der Waals surface area (Å²) in [5.74, 6) is 0. The highest BCUT2D eigenvalue weighted by Gasteiger charge is 2.41. The molecule has 3 rings (SSSR count). The topological polar surface area (TPSA) is 70.1 Å². The molecule has 0 atom stereocenters. The summed E-state index contributed by atoms with van der Waals surface area (Å²) in [6.45, 7) is 2.37. The Morgan fingerprint density at radius 2 is 1.68 bits per heavy atom. The van der Waals surface area contributed by atoms with E-state index in [-0.39, 0.29) is 15.5 Å². The zero-order valence-corrected chi connectivity index (χ0v) is 15.8. The molecule has 1 saturated carbocycles. The summed E-state index contributed by atoms with van der Waals surface area (Å²) in [5.41, 5.74) is -0.180. The first-order valence-corrected chi connectivity index (χ1v) is 10.6. The van der Waals surface area contributed by atoms with E-state index in [4.69, 9.17) is 11.6 Å². The summed E-state index contributed by atoms with van der Waals surface area (Å²) >= 11 is 6.08. The lowest BCUT2D eigenvalue weighted by atomic mass is 9.80. The molecule has 1 saturated heterocycles. The minimum absolute atomic E-state index is 0.159. The van der Waals surface area contributed by atoms with Crippen molar-refractivity contribution in [1.29, 1.82) is 0 Å². The van der Waals surface area contributed by atoms with E-state index in [0.717, 1.165) is 25.7 Å². The zero-order valence-electron chi connectivity index (χ0n) is 14.2. The maximum Gasteiger partial charge on any atom is 0.244 e. The minimum atomic E-state index is -3.59. The molecule has 138 valence electrons. The van der Waals surface area contributed by atoms with Gasteiger partial charge in [-0.25, -0.2) is 8.42 Å². The largest absolute Gasteiger partial charge is 0.293 e. The van der Waals surface area contributed by atoms with Crippen LogP contribution in [0.5, 0.6) is 0 Å². The third-order valence-electron chi connectivity index (χ3n) is 5.51. The van der Waals surface area contributed by atoms with E-state index in [1.807, 2.05) is 0 Å². The zero-order chi connectivity index (χ0) is 17.9. The second-order valence-corrected chi connectivity index (χ2v) is 9.21. The first kappa shape index (κ1) is 18.8. The fourth-order valence-corrected chi connectivity index (χ4v) is 6.02. The Kier molecular flexibility index (Phi) is 5.78. The molecule has 25 heavy (non-hydrogen) atoms. The number of piperazine rings is 1.